The van der Waals surface area contributed by atoms with Crippen molar-refractivity contribution < 1.29 is 34.4 Å². The van der Waals surface area contributed by atoms with E-state index in [1.165, 1.54) is 70.6 Å². The maximum absolute atomic E-state index is 12.6. The minimum absolute atomic E-state index is 0. The molecule has 3 aliphatic carbocycles. The van der Waals surface area contributed by atoms with Gasteiger partial charge in [0, 0.05) is 12.3 Å². The van der Waals surface area contributed by atoms with Crippen LogP contribution in [0.5, 0.6) is 0 Å². The number of carbonyl (C=O) groups is 1. The Morgan fingerprint density at radius 1 is 0.968 bits per heavy atom. The molecule has 0 saturated heterocycles. The van der Waals surface area contributed by atoms with Crippen LogP contribution in [-0.2, 0) is 17.6 Å². The van der Waals surface area contributed by atoms with Gasteiger partial charge in [-0.05, 0) is 92.4 Å². The van der Waals surface area contributed by atoms with E-state index in [4.69, 9.17) is 0 Å². The quantitative estimate of drug-likeness (QED) is 0.329. The second-order valence-corrected chi connectivity index (χ2v) is 11.3. The monoisotopic (exact) mass is 459 g/mol. The zero-order valence-corrected chi connectivity index (χ0v) is 24.7. The molecule has 31 heavy (non-hydrogen) atoms. The maximum Gasteiger partial charge on any atom is 1.00 e. The average molecular weight is 460 g/mol. The predicted molar refractivity (Wildman–Crippen MR) is 132 cm³/mol. The smallest absolute Gasteiger partial charge is 0.705 e. The summed E-state index contributed by atoms with van der Waals surface area (Å²) in [6.07, 6.45) is 15.3. The molecule has 7 atom stereocenters. The molecule has 0 bridgehead atoms. The van der Waals surface area contributed by atoms with Crippen LogP contribution in [0.3, 0.4) is 0 Å². The van der Waals surface area contributed by atoms with E-state index in [2.05, 4.69) is 59.1 Å². The van der Waals surface area contributed by atoms with Gasteiger partial charge < -0.3 is 17.5 Å². The van der Waals surface area contributed by atoms with Gasteiger partial charge >= 0.3 is 29.6 Å². The summed E-state index contributed by atoms with van der Waals surface area (Å²) in [7, 11) is 0. The number of ketones is 1. The molecule has 0 radical (unpaired) electrons. The first kappa shape index (κ1) is 30.0. The standard InChI is InChI=1S/C23H40O.C4H10NS.Na/c1-6-14-22(4)16(7-2)9-10-17-18-11-12-20(21(24)8-3)23(18,5)15-13-19(17)22;1-2-3-4-5-6;/h16-20H,6-15H2,1-5H3;5H,2-4H2,1H3;/q;-1;+1. The molecule has 0 amide bonds. The van der Waals surface area contributed by atoms with E-state index >= 15 is 0 Å². The van der Waals surface area contributed by atoms with Gasteiger partial charge in [-0.1, -0.05) is 60.8 Å². The minimum atomic E-state index is 0. The molecule has 4 heteroatoms. The number of nitrogens with one attached hydrogen (secondary N) is 1. The van der Waals surface area contributed by atoms with Gasteiger partial charge in [0.05, 0.1) is 0 Å². The average Bonchev–Trinajstić information content (AvgIpc) is 3.10. The number of unbranched alkanes of at least 4 members (excludes halogenated alkanes) is 1. The van der Waals surface area contributed by atoms with E-state index < -0.39 is 0 Å². The van der Waals surface area contributed by atoms with Gasteiger partial charge in [0.2, 0.25) is 0 Å². The second kappa shape index (κ2) is 13.8. The molecule has 0 aromatic carbocycles. The fourth-order valence-corrected chi connectivity index (χ4v) is 8.30. The zero-order valence-electron chi connectivity index (χ0n) is 21.9. The molecular weight excluding hydrogens is 409 g/mol. The van der Waals surface area contributed by atoms with Crippen LogP contribution in [0, 0.1) is 40.4 Å². The summed E-state index contributed by atoms with van der Waals surface area (Å²) >= 11 is 4.47. The number of Topliss-reactive ketones (excluding diaryl/α,β-unsaturated/α-hetero) is 1. The van der Waals surface area contributed by atoms with Gasteiger partial charge in [0.15, 0.2) is 0 Å². The molecule has 7 unspecified atom stereocenters. The van der Waals surface area contributed by atoms with E-state index in [-0.39, 0.29) is 29.6 Å². The molecule has 1 N–H and O–H groups in total. The summed E-state index contributed by atoms with van der Waals surface area (Å²) in [6, 6.07) is 0. The second-order valence-electron chi connectivity index (χ2n) is 11.1. The van der Waals surface area contributed by atoms with Crippen LogP contribution < -0.4 is 34.3 Å². The van der Waals surface area contributed by atoms with Crippen LogP contribution in [0.15, 0.2) is 0 Å². The van der Waals surface area contributed by atoms with Crippen LogP contribution in [0.25, 0.3) is 0 Å². The van der Waals surface area contributed by atoms with Crippen LogP contribution in [0.2, 0.25) is 0 Å². The fourth-order valence-electron chi connectivity index (χ4n) is 8.16. The molecule has 3 fully saturated rings. The van der Waals surface area contributed by atoms with E-state index in [0.717, 1.165) is 36.6 Å². The summed E-state index contributed by atoms with van der Waals surface area (Å²) in [5.41, 5.74) is 0.876. The normalized spacial score (nSPS) is 38.9. The van der Waals surface area contributed by atoms with Crippen molar-refractivity contribution >= 4 is 18.6 Å². The Bertz CT molecular complexity index is 539. The molecule has 3 aliphatic rings. The summed E-state index contributed by atoms with van der Waals surface area (Å²) in [4.78, 5) is 12.6. The van der Waals surface area contributed by atoms with Gasteiger partial charge in [-0.3, -0.25) is 4.79 Å². The molecule has 2 nitrogen and oxygen atoms in total. The zero-order chi connectivity index (χ0) is 22.4. The molecule has 176 valence electrons. The van der Waals surface area contributed by atoms with E-state index in [1.54, 1.807) is 0 Å². The van der Waals surface area contributed by atoms with E-state index in [9.17, 15) is 4.79 Å². The van der Waals surface area contributed by atoms with Gasteiger partial charge in [-0.2, -0.15) is 0 Å². The number of carbonyl (C=O) groups excluding carboxylic acids is 1. The van der Waals surface area contributed by atoms with Crippen molar-refractivity contribution in [1.82, 2.24) is 4.72 Å². The topological polar surface area (TPSA) is 29.1 Å². The van der Waals surface area contributed by atoms with Gasteiger partial charge in [-0.25, -0.2) is 0 Å². The predicted octanol–water partition coefficient (Wildman–Crippen LogP) is 4.49. The van der Waals surface area contributed by atoms with Crippen molar-refractivity contribution in [2.45, 2.75) is 119 Å². The van der Waals surface area contributed by atoms with Crippen LogP contribution in [0.1, 0.15) is 119 Å². The van der Waals surface area contributed by atoms with Gasteiger partial charge in [0.1, 0.15) is 5.78 Å². The summed E-state index contributed by atoms with van der Waals surface area (Å²) in [6.45, 7) is 15.1. The number of rotatable bonds is 8. The Balaban J connectivity index is 0.000000607. The molecule has 0 heterocycles. The summed E-state index contributed by atoms with van der Waals surface area (Å²) in [5, 5.41) is 0. The van der Waals surface area contributed by atoms with Crippen molar-refractivity contribution in [3.05, 3.63) is 0 Å². The van der Waals surface area contributed by atoms with Gasteiger partial charge in [-0.15, -0.1) is 0 Å². The first-order valence-electron chi connectivity index (χ1n) is 13.2. The SMILES string of the molecule is CCCC1(C)C(CC)CCC2C1CCC1(C)C(C(=O)CC)CCC21.CCCCN[S-].[Na+]. The largest absolute Gasteiger partial charge is 1.00 e. The molecule has 0 aliphatic heterocycles. The number of fused-ring (bicyclic) bond motifs is 3. The minimum Gasteiger partial charge on any atom is -0.705 e. The number of hydrogen-bond acceptors (Lipinski definition) is 3. The van der Waals surface area contributed by atoms with E-state index in [1.807, 2.05) is 0 Å². The first-order chi connectivity index (χ1) is 14.3. The molecule has 3 rings (SSSR count). The van der Waals surface area contributed by atoms with Crippen LogP contribution in [0.4, 0.5) is 0 Å². The fraction of sp³-hybridized carbons (Fsp3) is 0.963. The van der Waals surface area contributed by atoms with Crippen LogP contribution in [-0.4, -0.2) is 12.3 Å². The van der Waals surface area contributed by atoms with Crippen molar-refractivity contribution in [3.8, 4) is 0 Å². The molecule has 0 aromatic rings. The third kappa shape index (κ3) is 6.36. The Kier molecular flexibility index (Phi) is 13.3. The Morgan fingerprint density at radius 3 is 2.19 bits per heavy atom. The van der Waals surface area contributed by atoms with Gasteiger partial charge in [0.25, 0.3) is 0 Å². The third-order valence-corrected chi connectivity index (χ3v) is 9.92. The first-order valence-corrected chi connectivity index (χ1v) is 13.6. The van der Waals surface area contributed by atoms with Crippen molar-refractivity contribution in [2.24, 2.45) is 40.4 Å². The van der Waals surface area contributed by atoms with Crippen molar-refractivity contribution in [1.29, 1.82) is 0 Å². The van der Waals surface area contributed by atoms with E-state index in [0.29, 0.717) is 22.5 Å². The molecule has 0 aromatic heterocycles. The Labute approximate surface area is 222 Å². The molecule has 3 saturated carbocycles. The van der Waals surface area contributed by atoms with Crippen LogP contribution >= 0.6 is 0 Å². The summed E-state index contributed by atoms with van der Waals surface area (Å²) < 4.78 is 2.65. The summed E-state index contributed by atoms with van der Waals surface area (Å²) in [5.74, 6) is 4.50. The third-order valence-electron chi connectivity index (χ3n) is 9.72. The Hall–Kier alpha value is 0.980. The van der Waals surface area contributed by atoms with Crippen molar-refractivity contribution in [2.75, 3.05) is 6.54 Å². The number of hydrogen-bond donors (Lipinski definition) is 1. The Morgan fingerprint density at radius 2 is 1.68 bits per heavy atom. The molecule has 0 spiro atoms. The maximum atomic E-state index is 12.6. The molecular formula is C27H50NNaOS. The van der Waals surface area contributed by atoms with Crippen molar-refractivity contribution in [3.63, 3.8) is 0 Å².